The number of hydrogen-bond acceptors (Lipinski definition) is 3. The summed E-state index contributed by atoms with van der Waals surface area (Å²) in [6.45, 7) is 2.81. The summed E-state index contributed by atoms with van der Waals surface area (Å²) >= 11 is 1.85. The molecule has 1 saturated heterocycles. The molecule has 2 N–H and O–H groups in total. The molecule has 0 radical (unpaired) electrons. The quantitative estimate of drug-likeness (QED) is 0.847. The van der Waals surface area contributed by atoms with Crippen molar-refractivity contribution in [3.63, 3.8) is 0 Å². The third-order valence-corrected chi connectivity index (χ3v) is 5.68. The molecule has 1 aliphatic carbocycles. The standard InChI is InChI=1S/C17H24N2S/c18-10-3-6-15-9-12-20-17(15)13-19-11-4-7-14-5-1-2-8-16(14)19/h9,12,14,16H,1-2,4-5,7-8,10-11,13,18H2/t14-,16-/m1/s1. The highest BCUT2D eigenvalue weighted by atomic mass is 32.1. The Morgan fingerprint density at radius 3 is 3.00 bits per heavy atom. The predicted octanol–water partition coefficient (Wildman–Crippen LogP) is 3.21. The molecule has 2 fully saturated rings. The molecular weight excluding hydrogens is 264 g/mol. The van der Waals surface area contributed by atoms with Crippen molar-refractivity contribution in [1.82, 2.24) is 4.90 Å². The zero-order chi connectivity index (χ0) is 13.8. The molecule has 2 heterocycles. The maximum atomic E-state index is 5.49. The molecule has 0 unspecified atom stereocenters. The second-order valence-corrected chi connectivity index (χ2v) is 6.99. The van der Waals surface area contributed by atoms with Gasteiger partial charge in [-0.3, -0.25) is 4.90 Å². The zero-order valence-electron chi connectivity index (χ0n) is 12.1. The highest BCUT2D eigenvalue weighted by Gasteiger charge is 2.33. The Morgan fingerprint density at radius 2 is 2.10 bits per heavy atom. The minimum absolute atomic E-state index is 0.448. The molecule has 0 bridgehead atoms. The molecule has 1 aliphatic heterocycles. The van der Waals surface area contributed by atoms with Crippen LogP contribution in [0.25, 0.3) is 0 Å². The fourth-order valence-corrected chi connectivity index (χ4v) is 4.68. The Bertz CT molecular complexity index is 495. The smallest absolute Gasteiger partial charge is 0.0555 e. The van der Waals surface area contributed by atoms with Crippen molar-refractivity contribution in [3.8, 4) is 11.8 Å². The number of piperidine rings is 1. The van der Waals surface area contributed by atoms with Crippen molar-refractivity contribution in [2.45, 2.75) is 51.1 Å². The third kappa shape index (κ3) is 3.09. The predicted molar refractivity (Wildman–Crippen MR) is 85.6 cm³/mol. The Balaban J connectivity index is 1.71. The second-order valence-electron chi connectivity index (χ2n) is 5.99. The van der Waals surface area contributed by atoms with Crippen LogP contribution in [0.5, 0.6) is 0 Å². The molecule has 2 aliphatic rings. The van der Waals surface area contributed by atoms with Crippen molar-refractivity contribution in [2.24, 2.45) is 11.7 Å². The van der Waals surface area contributed by atoms with Crippen LogP contribution in [0.1, 0.15) is 49.0 Å². The average molecular weight is 288 g/mol. The topological polar surface area (TPSA) is 29.3 Å². The first kappa shape index (κ1) is 14.1. The molecule has 3 rings (SSSR count). The van der Waals surface area contributed by atoms with E-state index < -0.39 is 0 Å². The van der Waals surface area contributed by atoms with Gasteiger partial charge < -0.3 is 5.73 Å². The van der Waals surface area contributed by atoms with E-state index >= 15 is 0 Å². The molecule has 20 heavy (non-hydrogen) atoms. The van der Waals surface area contributed by atoms with Gasteiger partial charge in [-0.05, 0) is 49.6 Å². The second kappa shape index (κ2) is 6.76. The Morgan fingerprint density at radius 1 is 1.25 bits per heavy atom. The van der Waals surface area contributed by atoms with E-state index in [0.29, 0.717) is 6.54 Å². The van der Waals surface area contributed by atoms with Gasteiger partial charge >= 0.3 is 0 Å². The average Bonchev–Trinajstić information content (AvgIpc) is 2.93. The van der Waals surface area contributed by atoms with Crippen LogP contribution in [-0.4, -0.2) is 24.0 Å². The summed E-state index contributed by atoms with van der Waals surface area (Å²) in [5, 5.41) is 2.16. The SMILES string of the molecule is NCC#Cc1ccsc1CN1CCC[C@H]2CCCC[C@H]21. The molecule has 2 atom stereocenters. The summed E-state index contributed by atoms with van der Waals surface area (Å²) in [5.41, 5.74) is 6.68. The first-order valence-electron chi connectivity index (χ1n) is 7.88. The largest absolute Gasteiger partial charge is 0.320 e. The fourth-order valence-electron chi connectivity index (χ4n) is 3.83. The van der Waals surface area contributed by atoms with Gasteiger partial charge in [0.2, 0.25) is 0 Å². The molecule has 1 aromatic rings. The molecule has 1 saturated carbocycles. The molecule has 108 valence electrons. The van der Waals surface area contributed by atoms with E-state index in [4.69, 9.17) is 5.73 Å². The number of thiophene rings is 1. The fraction of sp³-hybridized carbons (Fsp3) is 0.647. The van der Waals surface area contributed by atoms with Gasteiger partial charge in [-0.2, -0.15) is 0 Å². The molecule has 1 aromatic heterocycles. The van der Waals surface area contributed by atoms with Crippen molar-refractivity contribution in [1.29, 1.82) is 0 Å². The van der Waals surface area contributed by atoms with Crippen LogP contribution in [-0.2, 0) is 6.54 Å². The van der Waals surface area contributed by atoms with Gasteiger partial charge in [0.25, 0.3) is 0 Å². The van der Waals surface area contributed by atoms with Gasteiger partial charge in [-0.25, -0.2) is 0 Å². The van der Waals surface area contributed by atoms with Gasteiger partial charge in [0.1, 0.15) is 0 Å². The third-order valence-electron chi connectivity index (χ3n) is 4.78. The van der Waals surface area contributed by atoms with Crippen LogP contribution in [0.15, 0.2) is 11.4 Å². The number of hydrogen-bond donors (Lipinski definition) is 1. The Labute approximate surface area is 126 Å². The highest BCUT2D eigenvalue weighted by Crippen LogP contribution is 2.36. The van der Waals surface area contributed by atoms with Crippen LogP contribution in [0.3, 0.4) is 0 Å². The molecule has 0 spiro atoms. The monoisotopic (exact) mass is 288 g/mol. The van der Waals surface area contributed by atoms with Crippen LogP contribution < -0.4 is 5.73 Å². The summed E-state index contributed by atoms with van der Waals surface area (Å²) in [4.78, 5) is 4.16. The normalized spacial score (nSPS) is 26.6. The first-order valence-corrected chi connectivity index (χ1v) is 8.76. The van der Waals surface area contributed by atoms with Gasteiger partial charge in [0, 0.05) is 23.0 Å². The van der Waals surface area contributed by atoms with Crippen molar-refractivity contribution >= 4 is 11.3 Å². The maximum Gasteiger partial charge on any atom is 0.0555 e. The summed E-state index contributed by atoms with van der Waals surface area (Å²) in [6, 6.07) is 2.97. The minimum atomic E-state index is 0.448. The van der Waals surface area contributed by atoms with Crippen molar-refractivity contribution < 1.29 is 0 Å². The highest BCUT2D eigenvalue weighted by molar-refractivity contribution is 7.10. The molecular formula is C17H24N2S. The number of likely N-dealkylation sites (tertiary alicyclic amines) is 1. The summed E-state index contributed by atoms with van der Waals surface area (Å²) < 4.78 is 0. The van der Waals surface area contributed by atoms with Gasteiger partial charge in [-0.1, -0.05) is 24.7 Å². The summed E-state index contributed by atoms with van der Waals surface area (Å²) in [7, 11) is 0. The first-order chi connectivity index (χ1) is 9.88. The van der Waals surface area contributed by atoms with Gasteiger partial charge in [0.05, 0.1) is 6.54 Å². The summed E-state index contributed by atoms with van der Waals surface area (Å²) in [5.74, 6) is 7.17. The Kier molecular flexibility index (Phi) is 4.77. The van der Waals surface area contributed by atoms with Crippen LogP contribution in [0.4, 0.5) is 0 Å². The lowest BCUT2D eigenvalue weighted by Gasteiger charge is -2.44. The van der Waals surface area contributed by atoms with Gasteiger partial charge in [-0.15, -0.1) is 11.3 Å². The van der Waals surface area contributed by atoms with Crippen LogP contribution in [0, 0.1) is 17.8 Å². The number of nitrogens with two attached hydrogens (primary N) is 1. The zero-order valence-corrected chi connectivity index (χ0v) is 12.9. The molecule has 3 heteroatoms. The minimum Gasteiger partial charge on any atom is -0.320 e. The lowest BCUT2D eigenvalue weighted by atomic mass is 9.78. The van der Waals surface area contributed by atoms with Crippen molar-refractivity contribution in [2.75, 3.05) is 13.1 Å². The Hall–Kier alpha value is -0.820. The van der Waals surface area contributed by atoms with Crippen LogP contribution >= 0.6 is 11.3 Å². The van der Waals surface area contributed by atoms with E-state index in [-0.39, 0.29) is 0 Å². The number of nitrogens with zero attached hydrogens (tertiary/aromatic N) is 1. The van der Waals surface area contributed by atoms with E-state index in [1.165, 1.54) is 55.5 Å². The van der Waals surface area contributed by atoms with E-state index in [2.05, 4.69) is 28.2 Å². The van der Waals surface area contributed by atoms with Crippen LogP contribution in [0.2, 0.25) is 0 Å². The molecule has 0 amide bonds. The summed E-state index contributed by atoms with van der Waals surface area (Å²) in [6.07, 6.45) is 8.54. The van der Waals surface area contributed by atoms with E-state index in [0.717, 1.165) is 18.5 Å². The number of fused-ring (bicyclic) bond motifs is 1. The lowest BCUT2D eigenvalue weighted by molar-refractivity contribution is 0.0554. The van der Waals surface area contributed by atoms with E-state index in [1.807, 2.05) is 11.3 Å². The van der Waals surface area contributed by atoms with E-state index in [1.54, 1.807) is 0 Å². The molecule has 0 aromatic carbocycles. The maximum absolute atomic E-state index is 5.49. The van der Waals surface area contributed by atoms with Crippen molar-refractivity contribution in [3.05, 3.63) is 21.9 Å². The van der Waals surface area contributed by atoms with Gasteiger partial charge in [0.15, 0.2) is 0 Å². The molecule has 2 nitrogen and oxygen atoms in total. The number of rotatable bonds is 2. The van der Waals surface area contributed by atoms with E-state index in [9.17, 15) is 0 Å². The lowest BCUT2D eigenvalue weighted by Crippen LogP contribution is -2.46.